The first-order valence-corrected chi connectivity index (χ1v) is 7.16. The van der Waals surface area contributed by atoms with Crippen molar-refractivity contribution in [3.05, 3.63) is 65.2 Å². The molecule has 0 saturated carbocycles. The van der Waals surface area contributed by atoms with E-state index in [0.29, 0.717) is 19.6 Å². The predicted octanol–water partition coefficient (Wildman–Crippen LogP) is 3.39. The van der Waals surface area contributed by atoms with Gasteiger partial charge in [0.05, 0.1) is 13.0 Å². The van der Waals surface area contributed by atoms with Gasteiger partial charge in [-0.1, -0.05) is 42.5 Å². The monoisotopic (exact) mass is 283 g/mol. The lowest BCUT2D eigenvalue weighted by atomic mass is 10.1. The number of hydrogen-bond acceptors (Lipinski definition) is 2. The predicted molar refractivity (Wildman–Crippen MR) is 84.3 cm³/mol. The Hall–Kier alpha value is -2.29. The van der Waals surface area contributed by atoms with Crippen molar-refractivity contribution in [2.24, 2.45) is 0 Å². The molecule has 110 valence electrons. The highest BCUT2D eigenvalue weighted by atomic mass is 16.5. The highest BCUT2D eigenvalue weighted by Gasteiger charge is 2.04. The lowest BCUT2D eigenvalue weighted by Gasteiger charge is -2.10. The van der Waals surface area contributed by atoms with E-state index in [-0.39, 0.29) is 5.91 Å². The van der Waals surface area contributed by atoms with Crippen LogP contribution in [0.2, 0.25) is 0 Å². The van der Waals surface area contributed by atoms with Gasteiger partial charge >= 0.3 is 0 Å². The van der Waals surface area contributed by atoms with Crippen molar-refractivity contribution < 1.29 is 9.53 Å². The van der Waals surface area contributed by atoms with Gasteiger partial charge in [-0.05, 0) is 36.6 Å². The fourth-order valence-electron chi connectivity index (χ4n) is 2.00. The number of ether oxygens (including phenoxy) is 1. The Balaban J connectivity index is 1.73. The fraction of sp³-hybridized carbons (Fsp3) is 0.278. The van der Waals surface area contributed by atoms with Crippen LogP contribution >= 0.6 is 0 Å². The summed E-state index contributed by atoms with van der Waals surface area (Å²) in [6.07, 6.45) is 0.361. The zero-order valence-electron chi connectivity index (χ0n) is 12.6. The molecule has 1 N–H and O–H groups in total. The second-order valence-electron chi connectivity index (χ2n) is 5.13. The van der Waals surface area contributed by atoms with Gasteiger partial charge in [-0.2, -0.15) is 0 Å². The van der Waals surface area contributed by atoms with Gasteiger partial charge in [0.15, 0.2) is 0 Å². The van der Waals surface area contributed by atoms with Crippen molar-refractivity contribution in [2.45, 2.75) is 26.8 Å². The van der Waals surface area contributed by atoms with Crippen molar-refractivity contribution in [1.82, 2.24) is 5.32 Å². The SMILES string of the molecule is Cc1ccc(C)c(OCCC(=O)NCc2ccccc2)c1. The molecule has 0 aliphatic heterocycles. The molecular formula is C18H21NO2. The minimum atomic E-state index is 0.00385. The third kappa shape index (κ3) is 4.95. The van der Waals surface area contributed by atoms with Crippen LogP contribution in [0.1, 0.15) is 23.1 Å². The summed E-state index contributed by atoms with van der Waals surface area (Å²) < 4.78 is 5.68. The van der Waals surface area contributed by atoms with E-state index in [2.05, 4.69) is 11.4 Å². The molecule has 1 amide bonds. The van der Waals surface area contributed by atoms with E-state index < -0.39 is 0 Å². The molecule has 0 aliphatic rings. The molecule has 3 heteroatoms. The maximum Gasteiger partial charge on any atom is 0.223 e. The first kappa shape index (κ1) is 15.1. The Morgan fingerprint density at radius 3 is 2.62 bits per heavy atom. The Kier molecular flexibility index (Phi) is 5.38. The number of carbonyl (C=O) groups is 1. The van der Waals surface area contributed by atoms with Crippen LogP contribution in [0, 0.1) is 13.8 Å². The molecule has 0 saturated heterocycles. The van der Waals surface area contributed by atoms with Crippen LogP contribution < -0.4 is 10.1 Å². The summed E-state index contributed by atoms with van der Waals surface area (Å²) in [6, 6.07) is 15.9. The molecule has 0 fully saturated rings. The van der Waals surface area contributed by atoms with Crippen LogP contribution in [-0.2, 0) is 11.3 Å². The summed E-state index contributed by atoms with van der Waals surface area (Å²) >= 11 is 0. The summed E-state index contributed by atoms with van der Waals surface area (Å²) in [4.78, 5) is 11.8. The molecule has 2 aromatic rings. The van der Waals surface area contributed by atoms with E-state index in [4.69, 9.17) is 4.74 Å². The summed E-state index contributed by atoms with van der Waals surface area (Å²) in [7, 11) is 0. The van der Waals surface area contributed by atoms with E-state index in [9.17, 15) is 4.79 Å². The molecule has 0 radical (unpaired) electrons. The molecule has 2 rings (SSSR count). The van der Waals surface area contributed by atoms with E-state index in [1.807, 2.05) is 56.3 Å². The lowest BCUT2D eigenvalue weighted by molar-refractivity contribution is -0.121. The van der Waals surface area contributed by atoms with E-state index in [1.54, 1.807) is 0 Å². The highest BCUT2D eigenvalue weighted by molar-refractivity contribution is 5.76. The smallest absolute Gasteiger partial charge is 0.223 e. The van der Waals surface area contributed by atoms with Gasteiger partial charge in [-0.3, -0.25) is 4.79 Å². The maximum absolute atomic E-state index is 11.8. The standard InChI is InChI=1S/C18H21NO2/c1-14-8-9-15(2)17(12-14)21-11-10-18(20)19-13-16-6-4-3-5-7-16/h3-9,12H,10-11,13H2,1-2H3,(H,19,20). The van der Waals surface area contributed by atoms with Crippen molar-refractivity contribution in [2.75, 3.05) is 6.61 Å². The first-order valence-electron chi connectivity index (χ1n) is 7.16. The Bertz CT molecular complexity index is 593. The number of amides is 1. The normalized spacial score (nSPS) is 10.2. The number of benzene rings is 2. The van der Waals surface area contributed by atoms with Crippen molar-refractivity contribution in [1.29, 1.82) is 0 Å². The minimum Gasteiger partial charge on any atom is -0.493 e. The lowest BCUT2D eigenvalue weighted by Crippen LogP contribution is -2.24. The van der Waals surface area contributed by atoms with Crippen molar-refractivity contribution >= 4 is 5.91 Å². The number of carbonyl (C=O) groups excluding carboxylic acids is 1. The van der Waals surface area contributed by atoms with Crippen LogP contribution in [0.25, 0.3) is 0 Å². The Labute approximate surface area is 126 Å². The Morgan fingerprint density at radius 2 is 1.86 bits per heavy atom. The average Bonchev–Trinajstić information content (AvgIpc) is 2.50. The van der Waals surface area contributed by atoms with Crippen molar-refractivity contribution in [3.63, 3.8) is 0 Å². The van der Waals surface area contributed by atoms with Gasteiger partial charge in [-0.25, -0.2) is 0 Å². The summed E-state index contributed by atoms with van der Waals surface area (Å²) in [5, 5.41) is 2.89. The topological polar surface area (TPSA) is 38.3 Å². The van der Waals surface area contributed by atoms with Crippen molar-refractivity contribution in [3.8, 4) is 5.75 Å². The van der Waals surface area contributed by atoms with E-state index in [1.165, 1.54) is 0 Å². The van der Waals surface area contributed by atoms with Gasteiger partial charge in [0.2, 0.25) is 5.91 Å². The maximum atomic E-state index is 11.8. The summed E-state index contributed by atoms with van der Waals surface area (Å²) in [5.74, 6) is 0.856. The molecule has 0 heterocycles. The fourth-order valence-corrected chi connectivity index (χ4v) is 2.00. The molecule has 0 aliphatic carbocycles. The third-order valence-electron chi connectivity index (χ3n) is 3.26. The van der Waals surface area contributed by atoms with Gasteiger partial charge in [0.25, 0.3) is 0 Å². The zero-order chi connectivity index (χ0) is 15.1. The van der Waals surface area contributed by atoms with Crippen LogP contribution in [0.15, 0.2) is 48.5 Å². The number of rotatable bonds is 6. The van der Waals surface area contributed by atoms with Gasteiger partial charge in [-0.15, -0.1) is 0 Å². The van der Waals surface area contributed by atoms with E-state index >= 15 is 0 Å². The summed E-state index contributed by atoms with van der Waals surface area (Å²) in [6.45, 7) is 4.98. The molecule has 0 unspecified atom stereocenters. The van der Waals surface area contributed by atoms with Gasteiger partial charge < -0.3 is 10.1 Å². The van der Waals surface area contributed by atoms with Crippen LogP contribution in [-0.4, -0.2) is 12.5 Å². The molecule has 2 aromatic carbocycles. The molecule has 0 spiro atoms. The summed E-state index contributed by atoms with van der Waals surface area (Å²) in [5.41, 5.74) is 3.34. The second kappa shape index (κ2) is 7.48. The number of hydrogen-bond donors (Lipinski definition) is 1. The molecule has 0 bridgehead atoms. The molecule has 0 atom stereocenters. The van der Waals surface area contributed by atoms with Gasteiger partial charge in [0, 0.05) is 6.54 Å². The highest BCUT2D eigenvalue weighted by Crippen LogP contribution is 2.19. The van der Waals surface area contributed by atoms with E-state index in [0.717, 1.165) is 22.4 Å². The number of aryl methyl sites for hydroxylation is 2. The third-order valence-corrected chi connectivity index (χ3v) is 3.26. The number of nitrogens with one attached hydrogen (secondary N) is 1. The van der Waals surface area contributed by atoms with Gasteiger partial charge in [0.1, 0.15) is 5.75 Å². The second-order valence-corrected chi connectivity index (χ2v) is 5.13. The molecule has 0 aromatic heterocycles. The van der Waals surface area contributed by atoms with Crippen LogP contribution in [0.4, 0.5) is 0 Å². The Morgan fingerprint density at radius 1 is 1.10 bits per heavy atom. The van der Waals surface area contributed by atoms with Crippen LogP contribution in [0.5, 0.6) is 5.75 Å². The molecule has 21 heavy (non-hydrogen) atoms. The van der Waals surface area contributed by atoms with Crippen LogP contribution in [0.3, 0.4) is 0 Å². The molecular weight excluding hydrogens is 262 g/mol. The first-order chi connectivity index (χ1) is 10.1. The average molecular weight is 283 g/mol. The quantitative estimate of drug-likeness (QED) is 0.882. The minimum absolute atomic E-state index is 0.00385. The molecule has 3 nitrogen and oxygen atoms in total. The largest absolute Gasteiger partial charge is 0.493 e. The zero-order valence-corrected chi connectivity index (χ0v) is 12.6.